The predicted octanol–water partition coefficient (Wildman–Crippen LogP) is 4.37. The number of ether oxygens (including phenoxy) is 1. The summed E-state index contributed by atoms with van der Waals surface area (Å²) < 4.78 is 4.81. The van der Waals surface area contributed by atoms with Crippen LogP contribution in [0.1, 0.15) is 39.3 Å². The third-order valence-corrected chi connectivity index (χ3v) is 6.30. The first kappa shape index (κ1) is 24.9. The number of pyridine rings is 2. The highest BCUT2D eigenvalue weighted by Crippen LogP contribution is 2.26. The van der Waals surface area contributed by atoms with E-state index in [1.165, 1.54) is 19.4 Å². The van der Waals surface area contributed by atoms with Crippen molar-refractivity contribution in [3.63, 3.8) is 0 Å². The van der Waals surface area contributed by atoms with Crippen molar-refractivity contribution in [2.45, 2.75) is 12.8 Å². The molecule has 9 nitrogen and oxygen atoms in total. The Labute approximate surface area is 214 Å². The van der Waals surface area contributed by atoms with E-state index in [4.69, 9.17) is 21.6 Å². The molecular formula is C26H25ClN6O3. The third kappa shape index (κ3) is 6.09. The average Bonchev–Trinajstić information content (AvgIpc) is 2.93. The topological polar surface area (TPSA) is 120 Å². The molecule has 36 heavy (non-hydrogen) atoms. The Kier molecular flexibility index (Phi) is 7.98. The third-order valence-electron chi connectivity index (χ3n) is 6.07. The maximum Gasteiger partial charge on any atom is 0.337 e. The van der Waals surface area contributed by atoms with Crippen molar-refractivity contribution in [1.82, 2.24) is 9.97 Å². The molecule has 1 aliphatic rings. The molecule has 10 heteroatoms. The van der Waals surface area contributed by atoms with Crippen molar-refractivity contribution >= 4 is 40.7 Å². The lowest BCUT2D eigenvalue weighted by atomic mass is 9.96. The molecule has 1 saturated heterocycles. The van der Waals surface area contributed by atoms with Gasteiger partial charge in [-0.2, -0.15) is 5.26 Å². The van der Waals surface area contributed by atoms with Crippen LogP contribution in [0, 0.1) is 17.2 Å². The number of nitrogens with one attached hydrogen (secondary N) is 2. The molecule has 4 rings (SSSR count). The Hall–Kier alpha value is -4.16. The predicted molar refractivity (Wildman–Crippen MR) is 137 cm³/mol. The van der Waals surface area contributed by atoms with Crippen LogP contribution in [0.2, 0.25) is 5.02 Å². The van der Waals surface area contributed by atoms with Gasteiger partial charge in [-0.25, -0.2) is 14.8 Å². The Balaban J connectivity index is 1.43. The van der Waals surface area contributed by atoms with Gasteiger partial charge in [0.2, 0.25) is 0 Å². The fourth-order valence-electron chi connectivity index (χ4n) is 4.09. The Morgan fingerprint density at radius 1 is 1.17 bits per heavy atom. The highest BCUT2D eigenvalue weighted by molar-refractivity contribution is 6.30. The number of nitrogens with zero attached hydrogens (tertiary/aromatic N) is 4. The highest BCUT2D eigenvalue weighted by atomic mass is 35.5. The number of rotatable bonds is 7. The van der Waals surface area contributed by atoms with Crippen LogP contribution < -0.4 is 15.5 Å². The summed E-state index contributed by atoms with van der Waals surface area (Å²) >= 11 is 5.88. The largest absolute Gasteiger partial charge is 0.465 e. The molecule has 1 fully saturated rings. The summed E-state index contributed by atoms with van der Waals surface area (Å²) in [6, 6.07) is 13.9. The van der Waals surface area contributed by atoms with Crippen LogP contribution >= 0.6 is 11.6 Å². The summed E-state index contributed by atoms with van der Waals surface area (Å²) in [5, 5.41) is 15.7. The molecule has 0 saturated carbocycles. The van der Waals surface area contributed by atoms with Crippen LogP contribution in [-0.2, 0) is 4.74 Å². The lowest BCUT2D eigenvalue weighted by molar-refractivity contribution is 0.0600. The van der Waals surface area contributed by atoms with Crippen molar-refractivity contribution < 1.29 is 14.3 Å². The molecule has 1 aliphatic heterocycles. The molecule has 184 valence electrons. The summed E-state index contributed by atoms with van der Waals surface area (Å²) in [5.41, 5.74) is 2.62. The van der Waals surface area contributed by atoms with Crippen molar-refractivity contribution in [1.29, 1.82) is 5.26 Å². The number of esters is 1. The molecule has 2 N–H and O–H groups in total. The van der Waals surface area contributed by atoms with Gasteiger partial charge in [-0.3, -0.25) is 4.79 Å². The fourth-order valence-corrected chi connectivity index (χ4v) is 4.20. The first-order valence-corrected chi connectivity index (χ1v) is 11.8. The molecule has 1 amide bonds. The van der Waals surface area contributed by atoms with Gasteiger partial charge in [0.05, 0.1) is 23.3 Å². The smallest absolute Gasteiger partial charge is 0.337 e. The monoisotopic (exact) mass is 504 g/mol. The first-order chi connectivity index (χ1) is 17.5. The van der Waals surface area contributed by atoms with Gasteiger partial charge in [0.1, 0.15) is 17.6 Å². The van der Waals surface area contributed by atoms with Crippen LogP contribution in [0.15, 0.2) is 54.9 Å². The van der Waals surface area contributed by atoms with E-state index in [2.05, 4.69) is 31.6 Å². The molecule has 3 heterocycles. The molecule has 0 atom stereocenters. The number of halogens is 1. The summed E-state index contributed by atoms with van der Waals surface area (Å²) in [5.74, 6) is -0.184. The molecular weight excluding hydrogens is 480 g/mol. The number of benzene rings is 1. The first-order valence-electron chi connectivity index (χ1n) is 11.5. The summed E-state index contributed by atoms with van der Waals surface area (Å²) in [6.07, 6.45) is 5.01. The number of hydrogen-bond donors (Lipinski definition) is 2. The SMILES string of the molecule is COC(=O)c1ccc(NCC2CCN(c3ccnc(C#N)c3)CC2)c(C(=O)Nc2ccc(Cl)cn2)c1. The average molecular weight is 505 g/mol. The van der Waals surface area contributed by atoms with E-state index in [0.29, 0.717) is 40.2 Å². The molecule has 0 radical (unpaired) electrons. The van der Waals surface area contributed by atoms with Gasteiger partial charge in [0, 0.05) is 43.4 Å². The van der Waals surface area contributed by atoms with Gasteiger partial charge in [0.15, 0.2) is 0 Å². The quantitative estimate of drug-likeness (QED) is 0.455. The molecule has 2 aromatic heterocycles. The minimum absolute atomic E-state index is 0.277. The zero-order chi connectivity index (χ0) is 25.5. The molecule has 0 aliphatic carbocycles. The van der Waals surface area contributed by atoms with Crippen molar-refractivity contribution in [2.24, 2.45) is 5.92 Å². The number of aromatic nitrogens is 2. The maximum absolute atomic E-state index is 13.1. The number of piperidine rings is 1. The number of hydrogen-bond acceptors (Lipinski definition) is 8. The van der Waals surface area contributed by atoms with Gasteiger partial charge in [-0.15, -0.1) is 0 Å². The number of carbonyl (C=O) groups excluding carboxylic acids is 2. The van der Waals surface area contributed by atoms with Gasteiger partial charge >= 0.3 is 5.97 Å². The normalized spacial score (nSPS) is 13.5. The molecule has 0 unspecified atom stereocenters. The minimum atomic E-state index is -0.525. The minimum Gasteiger partial charge on any atom is -0.465 e. The molecule has 3 aromatic rings. The second-order valence-electron chi connectivity index (χ2n) is 8.39. The second-order valence-corrected chi connectivity index (χ2v) is 8.83. The van der Waals surface area contributed by atoms with Crippen LogP contribution in [0.5, 0.6) is 0 Å². The van der Waals surface area contributed by atoms with Gasteiger partial charge in [0.25, 0.3) is 5.91 Å². The summed E-state index contributed by atoms with van der Waals surface area (Å²) in [4.78, 5) is 35.5. The summed E-state index contributed by atoms with van der Waals surface area (Å²) in [7, 11) is 1.30. The Bertz CT molecular complexity index is 1280. The zero-order valence-electron chi connectivity index (χ0n) is 19.7. The van der Waals surface area contributed by atoms with E-state index in [0.717, 1.165) is 31.6 Å². The number of nitriles is 1. The van der Waals surface area contributed by atoms with Gasteiger partial charge < -0.3 is 20.3 Å². The second kappa shape index (κ2) is 11.5. The van der Waals surface area contributed by atoms with Crippen molar-refractivity contribution in [2.75, 3.05) is 42.3 Å². The Morgan fingerprint density at radius 3 is 2.67 bits per heavy atom. The van der Waals surface area contributed by atoms with E-state index in [1.54, 1.807) is 30.5 Å². The number of anilines is 3. The maximum atomic E-state index is 13.1. The van der Waals surface area contributed by atoms with E-state index >= 15 is 0 Å². The lowest BCUT2D eigenvalue weighted by Gasteiger charge is -2.34. The van der Waals surface area contributed by atoms with Gasteiger partial charge in [-0.1, -0.05) is 11.6 Å². The van der Waals surface area contributed by atoms with Crippen molar-refractivity contribution in [3.05, 3.63) is 76.7 Å². The standard InChI is InChI=1S/C26H25ClN6O3/c1-36-26(35)18-2-4-23(22(12-18)25(34)32-24-5-3-19(27)16-31-24)30-15-17-7-10-33(11-8-17)21-6-9-29-20(13-21)14-28/h2-6,9,12-13,16-17,30H,7-8,10-11,15H2,1H3,(H,31,32,34). The molecule has 0 spiro atoms. The van der Waals surface area contributed by atoms with E-state index < -0.39 is 11.9 Å². The number of amides is 1. The van der Waals surface area contributed by atoms with Crippen LogP contribution in [0.4, 0.5) is 17.2 Å². The summed E-state index contributed by atoms with van der Waals surface area (Å²) in [6.45, 7) is 2.39. The molecule has 1 aromatic carbocycles. The van der Waals surface area contributed by atoms with Gasteiger partial charge in [-0.05, 0) is 61.2 Å². The molecule has 0 bridgehead atoms. The van der Waals surface area contributed by atoms with Crippen LogP contribution in [0.25, 0.3) is 0 Å². The Morgan fingerprint density at radius 2 is 1.97 bits per heavy atom. The zero-order valence-corrected chi connectivity index (χ0v) is 20.5. The van der Waals surface area contributed by atoms with E-state index in [-0.39, 0.29) is 5.56 Å². The number of methoxy groups -OCH3 is 1. The van der Waals surface area contributed by atoms with Crippen molar-refractivity contribution in [3.8, 4) is 6.07 Å². The fraction of sp³-hybridized carbons (Fsp3) is 0.269. The van der Waals surface area contributed by atoms with E-state index in [9.17, 15) is 9.59 Å². The van der Waals surface area contributed by atoms with Crippen LogP contribution in [0.3, 0.4) is 0 Å². The highest BCUT2D eigenvalue weighted by Gasteiger charge is 2.21. The number of carbonyl (C=O) groups is 2. The lowest BCUT2D eigenvalue weighted by Crippen LogP contribution is -2.36. The van der Waals surface area contributed by atoms with Crippen LogP contribution in [-0.4, -0.2) is 48.6 Å². The van der Waals surface area contributed by atoms with E-state index in [1.807, 2.05) is 12.1 Å².